The van der Waals surface area contributed by atoms with Crippen molar-refractivity contribution in [1.29, 1.82) is 5.26 Å². The standard InChI is InChI=1S/C14H9NO2/c15-9-13-7-6-12(8-14(13)17-10-16)11-4-2-1-3-5-11/h1-8,10H. The summed E-state index contributed by atoms with van der Waals surface area (Å²) in [4.78, 5) is 10.4. The zero-order valence-corrected chi connectivity index (χ0v) is 8.96. The van der Waals surface area contributed by atoms with Crippen LogP contribution >= 0.6 is 0 Å². The second-order valence-corrected chi connectivity index (χ2v) is 3.40. The van der Waals surface area contributed by atoms with E-state index >= 15 is 0 Å². The molecule has 82 valence electrons. The van der Waals surface area contributed by atoms with Crippen LogP contribution in [0.1, 0.15) is 5.56 Å². The van der Waals surface area contributed by atoms with E-state index in [0.717, 1.165) is 11.1 Å². The Morgan fingerprint density at radius 1 is 1.06 bits per heavy atom. The molecule has 0 spiro atoms. The first-order valence-electron chi connectivity index (χ1n) is 5.05. The predicted molar refractivity (Wildman–Crippen MR) is 63.3 cm³/mol. The Kier molecular flexibility index (Phi) is 3.18. The number of nitriles is 1. The first-order chi connectivity index (χ1) is 8.35. The number of ether oxygens (including phenoxy) is 1. The third kappa shape index (κ3) is 2.32. The molecule has 0 aliphatic heterocycles. The van der Waals surface area contributed by atoms with Crippen molar-refractivity contribution in [2.75, 3.05) is 0 Å². The lowest BCUT2D eigenvalue weighted by molar-refractivity contribution is -0.120. The van der Waals surface area contributed by atoms with E-state index < -0.39 is 0 Å². The second-order valence-electron chi connectivity index (χ2n) is 3.40. The summed E-state index contributed by atoms with van der Waals surface area (Å²) in [5.74, 6) is 0.281. The molecule has 0 saturated heterocycles. The highest BCUT2D eigenvalue weighted by molar-refractivity contribution is 5.68. The van der Waals surface area contributed by atoms with E-state index in [4.69, 9.17) is 10.00 Å². The highest BCUT2D eigenvalue weighted by atomic mass is 16.5. The van der Waals surface area contributed by atoms with E-state index in [-0.39, 0.29) is 5.75 Å². The molecule has 0 amide bonds. The van der Waals surface area contributed by atoms with Crippen molar-refractivity contribution >= 4 is 6.47 Å². The van der Waals surface area contributed by atoms with Crippen molar-refractivity contribution in [3.8, 4) is 22.9 Å². The molecule has 3 heteroatoms. The van der Waals surface area contributed by atoms with Crippen LogP contribution in [0.2, 0.25) is 0 Å². The molecule has 0 aliphatic carbocycles. The topological polar surface area (TPSA) is 50.1 Å². The minimum Gasteiger partial charge on any atom is -0.427 e. The van der Waals surface area contributed by atoms with Crippen LogP contribution in [0, 0.1) is 11.3 Å². The normalized spacial score (nSPS) is 9.35. The molecule has 2 rings (SSSR count). The Hall–Kier alpha value is -2.60. The van der Waals surface area contributed by atoms with Gasteiger partial charge in [0.1, 0.15) is 11.8 Å². The van der Waals surface area contributed by atoms with Crippen LogP contribution < -0.4 is 4.74 Å². The van der Waals surface area contributed by atoms with E-state index in [1.807, 2.05) is 42.5 Å². The van der Waals surface area contributed by atoms with Gasteiger partial charge in [-0.25, -0.2) is 0 Å². The van der Waals surface area contributed by atoms with Gasteiger partial charge in [-0.05, 0) is 23.3 Å². The number of benzene rings is 2. The van der Waals surface area contributed by atoms with Crippen molar-refractivity contribution in [1.82, 2.24) is 0 Å². The van der Waals surface area contributed by atoms with Gasteiger partial charge in [0, 0.05) is 0 Å². The van der Waals surface area contributed by atoms with Gasteiger partial charge in [0.15, 0.2) is 0 Å². The van der Waals surface area contributed by atoms with Gasteiger partial charge in [0.05, 0.1) is 5.56 Å². The Morgan fingerprint density at radius 3 is 2.47 bits per heavy atom. The smallest absolute Gasteiger partial charge is 0.298 e. The van der Waals surface area contributed by atoms with Gasteiger partial charge in [-0.2, -0.15) is 5.26 Å². The molecule has 17 heavy (non-hydrogen) atoms. The second kappa shape index (κ2) is 4.95. The SMILES string of the molecule is N#Cc1ccc(-c2ccccc2)cc1OC=O. The van der Waals surface area contributed by atoms with Crippen molar-refractivity contribution in [3.05, 3.63) is 54.1 Å². The highest BCUT2D eigenvalue weighted by Crippen LogP contribution is 2.26. The molecule has 2 aromatic carbocycles. The fourth-order valence-corrected chi connectivity index (χ4v) is 1.57. The van der Waals surface area contributed by atoms with Crippen LogP contribution in [-0.2, 0) is 4.79 Å². The molecule has 0 atom stereocenters. The summed E-state index contributed by atoms with van der Waals surface area (Å²) in [5, 5.41) is 8.86. The van der Waals surface area contributed by atoms with E-state index in [2.05, 4.69) is 0 Å². The molecule has 0 bridgehead atoms. The molecule has 0 N–H and O–H groups in total. The number of carbonyl (C=O) groups is 1. The van der Waals surface area contributed by atoms with E-state index in [1.165, 1.54) is 0 Å². The largest absolute Gasteiger partial charge is 0.427 e. The molecule has 0 aliphatic rings. The summed E-state index contributed by atoms with van der Waals surface area (Å²) >= 11 is 0. The van der Waals surface area contributed by atoms with Crippen LogP contribution in [0.5, 0.6) is 5.75 Å². The summed E-state index contributed by atoms with van der Waals surface area (Å²) in [6.07, 6.45) is 0. The maximum Gasteiger partial charge on any atom is 0.298 e. The minimum atomic E-state index is 0.281. The summed E-state index contributed by atoms with van der Waals surface area (Å²) in [6.45, 7) is 0.324. The zero-order valence-electron chi connectivity index (χ0n) is 8.96. The lowest BCUT2D eigenvalue weighted by Crippen LogP contribution is -1.92. The first-order valence-corrected chi connectivity index (χ1v) is 5.05. The number of hydrogen-bond donors (Lipinski definition) is 0. The molecule has 2 aromatic rings. The third-order valence-corrected chi connectivity index (χ3v) is 2.38. The molecule has 0 unspecified atom stereocenters. The summed E-state index contributed by atoms with van der Waals surface area (Å²) in [7, 11) is 0. The van der Waals surface area contributed by atoms with E-state index in [1.54, 1.807) is 12.1 Å². The fraction of sp³-hybridized carbons (Fsp3) is 0. The van der Waals surface area contributed by atoms with Crippen LogP contribution in [0.15, 0.2) is 48.5 Å². The van der Waals surface area contributed by atoms with Crippen molar-refractivity contribution in [2.24, 2.45) is 0 Å². The summed E-state index contributed by atoms with van der Waals surface area (Å²) in [6, 6.07) is 16.8. The Morgan fingerprint density at radius 2 is 1.82 bits per heavy atom. The van der Waals surface area contributed by atoms with Gasteiger partial charge in [0.2, 0.25) is 0 Å². The summed E-state index contributed by atoms with van der Waals surface area (Å²) in [5.41, 5.74) is 2.26. The van der Waals surface area contributed by atoms with Crippen LogP contribution in [-0.4, -0.2) is 6.47 Å². The molecule has 0 aromatic heterocycles. The number of nitrogens with zero attached hydrogens (tertiary/aromatic N) is 1. The molecule has 0 radical (unpaired) electrons. The van der Waals surface area contributed by atoms with Crippen molar-refractivity contribution in [2.45, 2.75) is 0 Å². The third-order valence-electron chi connectivity index (χ3n) is 2.38. The number of rotatable bonds is 3. The Bertz CT molecular complexity index is 571. The quantitative estimate of drug-likeness (QED) is 0.752. The van der Waals surface area contributed by atoms with Gasteiger partial charge in [-0.15, -0.1) is 0 Å². The molecule has 0 fully saturated rings. The number of hydrogen-bond acceptors (Lipinski definition) is 3. The summed E-state index contributed by atoms with van der Waals surface area (Å²) < 4.78 is 4.79. The Labute approximate surface area is 98.9 Å². The average molecular weight is 223 g/mol. The average Bonchev–Trinajstić information content (AvgIpc) is 2.40. The minimum absolute atomic E-state index is 0.281. The maximum atomic E-state index is 10.4. The Balaban J connectivity index is 2.48. The monoisotopic (exact) mass is 223 g/mol. The molecule has 0 heterocycles. The van der Waals surface area contributed by atoms with Gasteiger partial charge < -0.3 is 4.74 Å². The molecular formula is C14H9NO2. The van der Waals surface area contributed by atoms with Crippen molar-refractivity contribution < 1.29 is 9.53 Å². The molecule has 0 saturated carbocycles. The van der Waals surface area contributed by atoms with E-state index in [0.29, 0.717) is 12.0 Å². The van der Waals surface area contributed by atoms with Crippen LogP contribution in [0.25, 0.3) is 11.1 Å². The zero-order chi connectivity index (χ0) is 12.1. The van der Waals surface area contributed by atoms with Gasteiger partial charge in [0.25, 0.3) is 6.47 Å². The number of carbonyl (C=O) groups excluding carboxylic acids is 1. The van der Waals surface area contributed by atoms with E-state index in [9.17, 15) is 4.79 Å². The lowest BCUT2D eigenvalue weighted by atomic mass is 10.0. The fourth-order valence-electron chi connectivity index (χ4n) is 1.57. The lowest BCUT2D eigenvalue weighted by Gasteiger charge is -2.05. The van der Waals surface area contributed by atoms with Gasteiger partial charge in [-0.3, -0.25) is 4.79 Å². The molecule has 3 nitrogen and oxygen atoms in total. The van der Waals surface area contributed by atoms with Crippen LogP contribution in [0.4, 0.5) is 0 Å². The van der Waals surface area contributed by atoms with Crippen molar-refractivity contribution in [3.63, 3.8) is 0 Å². The predicted octanol–water partition coefficient (Wildman–Crippen LogP) is 2.76. The van der Waals surface area contributed by atoms with Gasteiger partial charge >= 0.3 is 0 Å². The first kappa shape index (κ1) is 10.9. The van der Waals surface area contributed by atoms with Crippen LogP contribution in [0.3, 0.4) is 0 Å². The highest BCUT2D eigenvalue weighted by Gasteiger charge is 2.05. The maximum absolute atomic E-state index is 10.4. The molecular weight excluding hydrogens is 214 g/mol. The van der Waals surface area contributed by atoms with Gasteiger partial charge in [-0.1, -0.05) is 36.4 Å².